The summed E-state index contributed by atoms with van der Waals surface area (Å²) >= 11 is 0. The van der Waals surface area contributed by atoms with Crippen LogP contribution < -0.4 is 31.8 Å². The van der Waals surface area contributed by atoms with Crippen molar-refractivity contribution in [3.05, 3.63) is 388 Å². The molecule has 0 atom stereocenters. The first-order valence-electron chi connectivity index (χ1n) is 36.6. The van der Waals surface area contributed by atoms with Gasteiger partial charge in [-0.15, -0.1) is 0 Å². The Morgan fingerprint density at radius 3 is 1.05 bits per heavy atom. The molecular weight excluding hydrogens is 1350 g/mol. The lowest BCUT2D eigenvalue weighted by atomic mass is 9.89. The van der Waals surface area contributed by atoms with Gasteiger partial charge in [-0.3, -0.25) is 8.80 Å². The van der Waals surface area contributed by atoms with Crippen LogP contribution in [0.3, 0.4) is 0 Å². The van der Waals surface area contributed by atoms with E-state index in [2.05, 4.69) is 258 Å². The largest absolute Gasteiger partial charge is 0.309 e. The molecule has 0 spiro atoms. The molecule has 4 heterocycles. The van der Waals surface area contributed by atoms with Crippen molar-refractivity contribution in [2.75, 3.05) is 0 Å². The summed E-state index contributed by atoms with van der Waals surface area (Å²) in [6.07, 6.45) is 0. The van der Waals surface area contributed by atoms with E-state index in [1.807, 2.05) is 140 Å². The Morgan fingerprint density at radius 2 is 0.556 bits per heavy atom. The minimum absolute atomic E-state index is 0.836. The van der Waals surface area contributed by atoms with Crippen molar-refractivity contribution in [2.24, 2.45) is 0 Å². The van der Waals surface area contributed by atoms with Crippen LogP contribution in [0.1, 0.15) is 0 Å². The Hall–Kier alpha value is -13.3. The number of benzene rings is 18. The van der Waals surface area contributed by atoms with Gasteiger partial charge in [0.1, 0.15) is 11.3 Å². The summed E-state index contributed by atoms with van der Waals surface area (Å²) in [5, 5.41) is 21.3. The molecule has 0 saturated carbocycles. The number of aromatic nitrogens is 4. The molecule has 0 saturated heterocycles. The molecule has 18 aromatic carbocycles. The van der Waals surface area contributed by atoms with Crippen molar-refractivity contribution in [3.63, 3.8) is 0 Å². The molecule has 0 unspecified atom stereocenters. The van der Waals surface area contributed by atoms with E-state index in [0.717, 1.165) is 153 Å². The fraction of sp³-hybridized carbons (Fsp3) is 0. The van der Waals surface area contributed by atoms with Gasteiger partial charge in [-0.2, -0.15) is 0 Å². The highest BCUT2D eigenvalue weighted by atomic mass is 31.2. The quantitative estimate of drug-likeness (QED) is 0.101. The van der Waals surface area contributed by atoms with Gasteiger partial charge in [-0.1, -0.05) is 346 Å². The lowest BCUT2D eigenvalue weighted by Crippen LogP contribution is -2.25. The Morgan fingerprint density at radius 1 is 0.213 bits per heavy atom. The summed E-state index contributed by atoms with van der Waals surface area (Å²) in [4.78, 5) is 10.2. The second-order valence-corrected chi connectivity index (χ2v) is 33.6. The first-order chi connectivity index (χ1) is 53.3. The third-order valence-electron chi connectivity index (χ3n) is 22.3. The Labute approximate surface area is 622 Å². The Kier molecular flexibility index (Phi) is 14.7. The van der Waals surface area contributed by atoms with Gasteiger partial charge in [0.2, 0.25) is 0 Å². The van der Waals surface area contributed by atoms with E-state index >= 15 is 9.13 Å². The number of imidazole rings is 2. The molecule has 6 nitrogen and oxygen atoms in total. The molecule has 22 rings (SSSR count). The van der Waals surface area contributed by atoms with E-state index in [1.165, 1.54) is 43.3 Å². The SMILES string of the molecule is O=P(c1ccccc1)(c1ccccc1)c1ccc2ccc3c(-c4ccc(-c5ccc6c7ccccc7c7nc8ccccc8n7c6c5)cc4)ccc4ccc1c2c43.O=P(c1ccccc1)(c1ccccc1)c1cccc2c(-c3ccc(-c4ccc5c6ccccc6c6nc7ccccc7n6c5c4)cc3)cccc12. The van der Waals surface area contributed by atoms with Crippen molar-refractivity contribution < 1.29 is 9.13 Å². The van der Waals surface area contributed by atoms with Crippen LogP contribution in [0.2, 0.25) is 0 Å². The molecule has 22 aromatic rings. The number of nitrogens with zero attached hydrogens (tertiary/aromatic N) is 4. The van der Waals surface area contributed by atoms with Crippen molar-refractivity contribution in [2.45, 2.75) is 0 Å². The zero-order valence-electron chi connectivity index (χ0n) is 58.5. The van der Waals surface area contributed by atoms with E-state index in [-0.39, 0.29) is 0 Å². The Bertz CT molecular complexity index is 7380. The van der Waals surface area contributed by atoms with Gasteiger partial charge in [0, 0.05) is 53.4 Å². The number of hydrogen-bond donors (Lipinski definition) is 0. The number of para-hydroxylation sites is 4. The first kappa shape index (κ1) is 63.2. The van der Waals surface area contributed by atoms with E-state index < -0.39 is 14.3 Å². The van der Waals surface area contributed by atoms with E-state index in [4.69, 9.17) is 9.97 Å². The molecular formula is C100H64N4O2P2. The molecule has 108 heavy (non-hydrogen) atoms. The van der Waals surface area contributed by atoms with Gasteiger partial charge in [-0.05, 0) is 141 Å². The zero-order chi connectivity index (χ0) is 71.6. The van der Waals surface area contributed by atoms with Crippen LogP contribution in [-0.2, 0) is 9.13 Å². The monoisotopic (exact) mass is 1410 g/mol. The van der Waals surface area contributed by atoms with Crippen LogP contribution in [0.4, 0.5) is 0 Å². The topological polar surface area (TPSA) is 68.7 Å². The summed E-state index contributed by atoms with van der Waals surface area (Å²) in [5.41, 5.74) is 17.6. The number of pyridine rings is 2. The maximum atomic E-state index is 15.6. The van der Waals surface area contributed by atoms with Gasteiger partial charge in [0.25, 0.3) is 0 Å². The average molecular weight is 1420 g/mol. The maximum absolute atomic E-state index is 15.6. The fourth-order valence-electron chi connectivity index (χ4n) is 17.2. The lowest BCUT2D eigenvalue weighted by Gasteiger charge is -2.23. The molecule has 0 amide bonds. The second-order valence-electron chi connectivity index (χ2n) is 28.1. The van der Waals surface area contributed by atoms with Gasteiger partial charge in [-0.25, -0.2) is 9.97 Å². The Balaban J connectivity index is 0.000000139. The third-order valence-corrected chi connectivity index (χ3v) is 28.5. The summed E-state index contributed by atoms with van der Waals surface area (Å²) in [6, 6.07) is 135. The summed E-state index contributed by atoms with van der Waals surface area (Å²) in [6.45, 7) is 0. The van der Waals surface area contributed by atoms with E-state index in [9.17, 15) is 0 Å². The molecule has 0 radical (unpaired) electrons. The third kappa shape index (κ3) is 9.88. The highest BCUT2D eigenvalue weighted by Crippen LogP contribution is 2.49. The normalized spacial score (nSPS) is 12.1. The molecule has 0 N–H and O–H groups in total. The van der Waals surface area contributed by atoms with Crippen LogP contribution in [0.5, 0.6) is 0 Å². The van der Waals surface area contributed by atoms with Crippen LogP contribution in [0.15, 0.2) is 388 Å². The molecule has 0 aliphatic carbocycles. The predicted octanol–water partition coefficient (Wildman–Crippen LogP) is 23.6. The minimum Gasteiger partial charge on any atom is -0.309 e. The highest BCUT2D eigenvalue weighted by molar-refractivity contribution is 7.86. The number of fused-ring (bicyclic) bond motifs is 17. The van der Waals surface area contributed by atoms with E-state index in [0.29, 0.717) is 0 Å². The summed E-state index contributed by atoms with van der Waals surface area (Å²) in [5.74, 6) is 0. The molecule has 0 aliphatic heterocycles. The van der Waals surface area contributed by atoms with Crippen molar-refractivity contribution >= 4 is 166 Å². The minimum atomic E-state index is -3.20. The van der Waals surface area contributed by atoms with Crippen molar-refractivity contribution in [1.29, 1.82) is 0 Å². The lowest BCUT2D eigenvalue weighted by molar-refractivity contribution is 0.592. The average Bonchev–Trinajstić information content (AvgIpc) is 1.04. The molecule has 8 heteroatoms. The van der Waals surface area contributed by atoms with Gasteiger partial charge >= 0.3 is 0 Å². The van der Waals surface area contributed by atoms with Crippen LogP contribution in [0.25, 0.3) is 164 Å². The van der Waals surface area contributed by atoms with E-state index in [1.54, 1.807) is 0 Å². The fourth-order valence-corrected chi connectivity index (χ4v) is 22.9. The van der Waals surface area contributed by atoms with Gasteiger partial charge in [0.15, 0.2) is 14.3 Å². The molecule has 0 aliphatic rings. The summed E-state index contributed by atoms with van der Waals surface area (Å²) < 4.78 is 35.6. The predicted molar refractivity (Wildman–Crippen MR) is 457 cm³/mol. The summed E-state index contributed by atoms with van der Waals surface area (Å²) in [7, 11) is -6.35. The number of rotatable bonds is 10. The molecule has 0 fully saturated rings. The van der Waals surface area contributed by atoms with Crippen LogP contribution >= 0.6 is 14.3 Å². The number of hydrogen-bond acceptors (Lipinski definition) is 4. The molecule has 0 bridgehead atoms. The van der Waals surface area contributed by atoms with Gasteiger partial charge < -0.3 is 9.13 Å². The van der Waals surface area contributed by atoms with Crippen LogP contribution in [-0.4, -0.2) is 18.8 Å². The first-order valence-corrected chi connectivity index (χ1v) is 40.1. The maximum Gasteiger partial charge on any atom is 0.171 e. The van der Waals surface area contributed by atoms with Gasteiger partial charge in [0.05, 0.1) is 33.1 Å². The van der Waals surface area contributed by atoms with Crippen LogP contribution in [0, 0.1) is 0 Å². The molecule has 4 aromatic heterocycles. The highest BCUT2D eigenvalue weighted by Gasteiger charge is 2.34. The standard InChI is InChI=1S/C53H33N2OP.C47H31N2OP/c56-57(39-11-3-1-4-12-39,40-13-5-2-6-14-40)50-32-27-37-24-30-44-41(28-23-36-25-31-46(50)52(37)51(36)44)35-21-19-34(20-22-35)38-26-29-43-42-15-7-8-16-45(42)53-54-47-17-9-10-18-48(47)55(53)49(43)33-38;50-51(35-13-3-1-4-14-35,36-15-5-2-6-16-36)46-24-12-20-38-37(19-11-21-41(38)46)33-27-25-32(26-28-33)34-29-30-40-39-17-7-8-18-42(39)47-48-43-22-9-10-23-44(43)49(47)45(40)31-34/h1-33H;1-31H. The van der Waals surface area contributed by atoms with Crippen molar-refractivity contribution in [1.82, 2.24) is 18.8 Å². The molecule has 506 valence electrons. The second kappa shape index (κ2) is 25.2. The smallest absolute Gasteiger partial charge is 0.171 e. The zero-order valence-corrected chi connectivity index (χ0v) is 60.2. The van der Waals surface area contributed by atoms with Crippen molar-refractivity contribution in [3.8, 4) is 44.5 Å².